The Labute approximate surface area is 245 Å². The fourth-order valence-electron chi connectivity index (χ4n) is 4.71. The fraction of sp³-hybridized carbons (Fsp3) is 0.500. The van der Waals surface area contributed by atoms with E-state index in [1.165, 1.54) is 7.11 Å². The average molecular weight is 606 g/mol. The number of nitrogens with one attached hydrogen (secondary N) is 1. The number of carbonyl (C=O) groups excluding carboxylic acids is 1. The largest absolute Gasteiger partial charge is 0.495 e. The van der Waals surface area contributed by atoms with Crippen LogP contribution in [-0.4, -0.2) is 85.5 Å². The third-order valence-electron chi connectivity index (χ3n) is 6.91. The molecule has 1 aromatic carbocycles. The van der Waals surface area contributed by atoms with E-state index in [2.05, 4.69) is 10.2 Å². The lowest BCUT2D eigenvalue weighted by Crippen LogP contribution is -2.49. The Hall–Kier alpha value is -3.22. The molecule has 0 bridgehead atoms. The monoisotopic (exact) mass is 605 g/mol. The Kier molecular flexibility index (Phi) is 8.27. The van der Waals surface area contributed by atoms with Crippen molar-refractivity contribution in [2.45, 2.75) is 44.5 Å². The van der Waals surface area contributed by atoms with Gasteiger partial charge in [-0.3, -0.25) is 0 Å². The molecule has 2 aromatic heterocycles. The zero-order valence-corrected chi connectivity index (χ0v) is 25.3. The number of pyridine rings is 1. The van der Waals surface area contributed by atoms with Crippen molar-refractivity contribution in [3.8, 4) is 22.8 Å². The molecule has 1 aliphatic carbocycles. The first-order valence-electron chi connectivity index (χ1n) is 13.6. The van der Waals surface area contributed by atoms with Crippen LogP contribution in [0, 0.1) is 0 Å². The molecule has 3 aromatic rings. The molecule has 2 fully saturated rings. The maximum atomic E-state index is 12.6. The zero-order valence-electron chi connectivity index (χ0n) is 23.7. The van der Waals surface area contributed by atoms with Crippen LogP contribution in [-0.2, 0) is 14.8 Å². The van der Waals surface area contributed by atoms with Crippen molar-refractivity contribution >= 4 is 39.1 Å². The van der Waals surface area contributed by atoms with Crippen molar-refractivity contribution in [3.63, 3.8) is 0 Å². The van der Waals surface area contributed by atoms with E-state index in [4.69, 9.17) is 30.8 Å². The van der Waals surface area contributed by atoms with Crippen LogP contribution in [0.25, 0.3) is 16.9 Å². The fourth-order valence-corrected chi connectivity index (χ4v) is 6.78. The molecular weight excluding hydrogens is 570 g/mol. The Bertz CT molecular complexity index is 1520. The lowest BCUT2D eigenvalue weighted by Gasteiger charge is -2.35. The Morgan fingerprint density at radius 2 is 1.85 bits per heavy atom. The molecule has 222 valence electrons. The van der Waals surface area contributed by atoms with Crippen LogP contribution in [0.3, 0.4) is 0 Å². The molecule has 1 saturated carbocycles. The number of ether oxygens (including phenoxy) is 3. The van der Waals surface area contributed by atoms with Gasteiger partial charge in [-0.25, -0.2) is 18.2 Å². The molecule has 41 heavy (non-hydrogen) atoms. The third-order valence-corrected chi connectivity index (χ3v) is 9.61. The summed E-state index contributed by atoms with van der Waals surface area (Å²) in [5.41, 5.74) is 2.46. The van der Waals surface area contributed by atoms with E-state index < -0.39 is 21.7 Å². The van der Waals surface area contributed by atoms with E-state index in [0.29, 0.717) is 54.0 Å². The van der Waals surface area contributed by atoms with Crippen LogP contribution in [0.2, 0.25) is 5.02 Å². The minimum atomic E-state index is -3.16. The number of carbonyl (C=O) groups is 1. The number of fused-ring (bicyclic) bond motifs is 1. The second-order valence-corrected chi connectivity index (χ2v) is 13.8. The minimum absolute atomic E-state index is 0.185. The van der Waals surface area contributed by atoms with Crippen LogP contribution in [0.4, 0.5) is 10.5 Å². The van der Waals surface area contributed by atoms with Crippen LogP contribution in [0.1, 0.15) is 33.6 Å². The van der Waals surface area contributed by atoms with Crippen molar-refractivity contribution in [2.75, 3.05) is 51.3 Å². The third kappa shape index (κ3) is 6.82. The van der Waals surface area contributed by atoms with E-state index in [1.807, 2.05) is 28.9 Å². The highest BCUT2D eigenvalue weighted by molar-refractivity contribution is 7.90. The first kappa shape index (κ1) is 29.3. The molecule has 1 aliphatic heterocycles. The zero-order chi connectivity index (χ0) is 29.4. The van der Waals surface area contributed by atoms with Crippen LogP contribution >= 0.6 is 11.6 Å². The predicted molar refractivity (Wildman–Crippen MR) is 158 cm³/mol. The molecular formula is C28H36ClN5O6S. The van der Waals surface area contributed by atoms with Gasteiger partial charge in [-0.1, -0.05) is 11.6 Å². The number of hydrogen-bond acceptors (Lipinski definition) is 8. The number of alkyl carbamates (subject to hydrolysis) is 1. The summed E-state index contributed by atoms with van der Waals surface area (Å²) in [7, 11) is -1.63. The molecule has 13 heteroatoms. The first-order valence-corrected chi connectivity index (χ1v) is 15.5. The Balaban J connectivity index is 1.30. The van der Waals surface area contributed by atoms with E-state index >= 15 is 0 Å². The van der Waals surface area contributed by atoms with Gasteiger partial charge in [-0.2, -0.15) is 4.31 Å². The summed E-state index contributed by atoms with van der Waals surface area (Å²) in [5.74, 6) is 0.966. The number of rotatable bonds is 9. The van der Waals surface area contributed by atoms with Crippen LogP contribution < -0.4 is 19.7 Å². The SMILES string of the molecule is COc1cc(OCCNC(=O)OC(C)(C)C)c(-c2cn3ccc(N4CCN(S(=O)(=O)C5CC5)CC4)cc3n2)cc1Cl. The van der Waals surface area contributed by atoms with Gasteiger partial charge in [-0.05, 0) is 45.7 Å². The molecule has 3 heterocycles. The summed E-state index contributed by atoms with van der Waals surface area (Å²) in [6.07, 6.45) is 4.86. The van der Waals surface area contributed by atoms with Crippen molar-refractivity contribution in [1.29, 1.82) is 0 Å². The predicted octanol–water partition coefficient (Wildman–Crippen LogP) is 4.18. The number of methoxy groups -OCH3 is 1. The summed E-state index contributed by atoms with van der Waals surface area (Å²) in [4.78, 5) is 19.0. The van der Waals surface area contributed by atoms with Gasteiger partial charge in [0.25, 0.3) is 0 Å². The van der Waals surface area contributed by atoms with Crippen molar-refractivity contribution in [3.05, 3.63) is 41.7 Å². The van der Waals surface area contributed by atoms with Gasteiger partial charge in [0.15, 0.2) is 0 Å². The Morgan fingerprint density at radius 1 is 1.12 bits per heavy atom. The quantitative estimate of drug-likeness (QED) is 0.361. The maximum Gasteiger partial charge on any atom is 0.407 e. The van der Waals surface area contributed by atoms with Gasteiger partial charge in [0.05, 0.1) is 29.6 Å². The van der Waals surface area contributed by atoms with Gasteiger partial charge >= 0.3 is 6.09 Å². The standard InChI is InChI=1S/C28H36ClN5O6S/c1-28(2,3)40-27(35)30-8-14-39-24-17-25(38-4)22(29)16-21(24)23-18-33-9-7-19(15-26(33)31-23)32-10-12-34(13-11-32)41(36,37)20-5-6-20/h7,9,15-18,20H,5-6,8,10-14H2,1-4H3,(H,30,35). The molecule has 0 atom stereocenters. The molecule has 11 nitrogen and oxygen atoms in total. The number of piperazine rings is 1. The average Bonchev–Trinajstić information content (AvgIpc) is 3.70. The van der Waals surface area contributed by atoms with E-state index in [9.17, 15) is 13.2 Å². The van der Waals surface area contributed by atoms with Crippen LogP contribution in [0.5, 0.6) is 11.5 Å². The number of anilines is 1. The van der Waals surface area contributed by atoms with Crippen LogP contribution in [0.15, 0.2) is 36.7 Å². The van der Waals surface area contributed by atoms with E-state index in [1.54, 1.807) is 37.2 Å². The van der Waals surface area contributed by atoms with E-state index in [0.717, 1.165) is 24.2 Å². The maximum absolute atomic E-state index is 12.6. The number of imidazole rings is 1. The normalized spacial score (nSPS) is 16.6. The van der Waals surface area contributed by atoms with E-state index in [-0.39, 0.29) is 18.4 Å². The molecule has 5 rings (SSSR count). The number of halogens is 1. The summed E-state index contributed by atoms with van der Waals surface area (Å²) in [6.45, 7) is 8.05. The second-order valence-electron chi connectivity index (χ2n) is 11.2. The Morgan fingerprint density at radius 3 is 2.51 bits per heavy atom. The lowest BCUT2D eigenvalue weighted by atomic mass is 10.1. The van der Waals surface area contributed by atoms with Crippen molar-refractivity contribution < 1.29 is 27.4 Å². The highest BCUT2D eigenvalue weighted by Crippen LogP contribution is 2.38. The number of sulfonamides is 1. The number of hydrogen-bond donors (Lipinski definition) is 1. The van der Waals surface area contributed by atoms with Gasteiger partial charge < -0.3 is 28.8 Å². The molecule has 1 saturated heterocycles. The number of benzene rings is 1. The number of amides is 1. The minimum Gasteiger partial charge on any atom is -0.495 e. The van der Waals surface area contributed by atoms with Gasteiger partial charge in [-0.15, -0.1) is 0 Å². The number of aromatic nitrogens is 2. The topological polar surface area (TPSA) is 115 Å². The molecule has 0 spiro atoms. The highest BCUT2D eigenvalue weighted by atomic mass is 35.5. The van der Waals surface area contributed by atoms with Gasteiger partial charge in [0.1, 0.15) is 29.4 Å². The molecule has 1 N–H and O–H groups in total. The number of nitrogens with zero attached hydrogens (tertiary/aromatic N) is 4. The summed E-state index contributed by atoms with van der Waals surface area (Å²) in [6, 6.07) is 7.45. The van der Waals surface area contributed by atoms with Gasteiger partial charge in [0.2, 0.25) is 10.0 Å². The highest BCUT2D eigenvalue weighted by Gasteiger charge is 2.41. The molecule has 2 aliphatic rings. The van der Waals surface area contributed by atoms with Gasteiger partial charge in [0, 0.05) is 62.0 Å². The smallest absolute Gasteiger partial charge is 0.407 e. The summed E-state index contributed by atoms with van der Waals surface area (Å²) < 4.78 is 45.4. The summed E-state index contributed by atoms with van der Waals surface area (Å²) in [5, 5.41) is 2.91. The van der Waals surface area contributed by atoms with Crippen molar-refractivity contribution in [2.24, 2.45) is 0 Å². The van der Waals surface area contributed by atoms with Crippen molar-refractivity contribution in [1.82, 2.24) is 19.0 Å². The molecule has 0 unspecified atom stereocenters. The first-order chi connectivity index (χ1) is 19.4. The molecule has 1 amide bonds. The summed E-state index contributed by atoms with van der Waals surface area (Å²) >= 11 is 6.47. The lowest BCUT2D eigenvalue weighted by molar-refractivity contribution is 0.0520. The second kappa shape index (κ2) is 11.6. The molecule has 0 radical (unpaired) electrons.